The van der Waals surface area contributed by atoms with Crippen LogP contribution in [0.5, 0.6) is 0 Å². The number of nitrogens with one attached hydrogen (secondary N) is 1. The van der Waals surface area contributed by atoms with Crippen LogP contribution in [0.25, 0.3) is 0 Å². The van der Waals surface area contributed by atoms with Crippen LogP contribution in [-0.2, 0) is 4.79 Å². The number of aldehydes is 1. The van der Waals surface area contributed by atoms with Gasteiger partial charge in [0.25, 0.3) is 0 Å². The van der Waals surface area contributed by atoms with Gasteiger partial charge in [-0.15, -0.1) is 11.8 Å². The Morgan fingerprint density at radius 1 is 1.44 bits per heavy atom. The van der Waals surface area contributed by atoms with E-state index < -0.39 is 0 Å². The molecule has 0 saturated heterocycles. The van der Waals surface area contributed by atoms with Gasteiger partial charge in [-0.25, -0.2) is 0 Å². The van der Waals surface area contributed by atoms with Crippen LogP contribution in [0.2, 0.25) is 0 Å². The predicted octanol–water partition coefficient (Wildman–Crippen LogP) is 2.24. The van der Waals surface area contributed by atoms with E-state index in [-0.39, 0.29) is 11.3 Å². The summed E-state index contributed by atoms with van der Waals surface area (Å²) in [5.41, 5.74) is 6.94. The molecular formula is C13H13N3OS. The van der Waals surface area contributed by atoms with E-state index in [0.29, 0.717) is 11.3 Å². The number of hydrogen-bond donors (Lipinski definition) is 2. The van der Waals surface area contributed by atoms with Crippen LogP contribution in [0.4, 0.5) is 5.69 Å². The van der Waals surface area contributed by atoms with Crippen LogP contribution >= 0.6 is 11.8 Å². The number of nitrogens with zero attached hydrogens (tertiary/aromatic N) is 1. The zero-order valence-electron chi connectivity index (χ0n) is 9.88. The van der Waals surface area contributed by atoms with Crippen LogP contribution in [0.1, 0.15) is 0 Å². The van der Waals surface area contributed by atoms with Gasteiger partial charge >= 0.3 is 0 Å². The monoisotopic (exact) mass is 259 g/mol. The SMILES string of the molecule is CS/C(Nc1ccccc1)=C(C#N)\C(N)=C\C=O. The molecule has 0 saturated carbocycles. The Bertz CT molecular complexity index is 515. The lowest BCUT2D eigenvalue weighted by atomic mass is 10.2. The van der Waals surface area contributed by atoms with Gasteiger partial charge in [-0.3, -0.25) is 4.79 Å². The average Bonchev–Trinajstić information content (AvgIpc) is 2.40. The molecule has 4 nitrogen and oxygen atoms in total. The first-order valence-corrected chi connectivity index (χ1v) is 6.37. The van der Waals surface area contributed by atoms with Gasteiger partial charge in [0.15, 0.2) is 0 Å². The molecule has 3 N–H and O–H groups in total. The number of hydrogen-bond acceptors (Lipinski definition) is 5. The molecule has 1 aromatic rings. The summed E-state index contributed by atoms with van der Waals surface area (Å²) in [6.07, 6.45) is 3.56. The van der Waals surface area contributed by atoms with Gasteiger partial charge in [0.2, 0.25) is 0 Å². The van der Waals surface area contributed by atoms with Crippen molar-refractivity contribution in [2.45, 2.75) is 0 Å². The molecule has 0 unspecified atom stereocenters. The lowest BCUT2D eigenvalue weighted by Crippen LogP contribution is -2.07. The number of thioether (sulfide) groups is 1. The van der Waals surface area contributed by atoms with Crippen molar-refractivity contribution in [2.75, 3.05) is 11.6 Å². The molecule has 0 heterocycles. The minimum absolute atomic E-state index is 0.153. The highest BCUT2D eigenvalue weighted by Gasteiger charge is 2.08. The number of carbonyl (C=O) groups excluding carboxylic acids is 1. The van der Waals surface area contributed by atoms with E-state index in [9.17, 15) is 4.79 Å². The lowest BCUT2D eigenvalue weighted by Gasteiger charge is -2.11. The summed E-state index contributed by atoms with van der Waals surface area (Å²) in [7, 11) is 0. The normalized spacial score (nSPS) is 12.3. The van der Waals surface area contributed by atoms with E-state index in [4.69, 9.17) is 11.0 Å². The number of benzene rings is 1. The quantitative estimate of drug-likeness (QED) is 0.367. The highest BCUT2D eigenvalue weighted by Crippen LogP contribution is 2.22. The van der Waals surface area contributed by atoms with Crippen LogP contribution in [-0.4, -0.2) is 12.5 Å². The Balaban J connectivity index is 3.10. The third-order valence-electron chi connectivity index (χ3n) is 2.11. The molecule has 5 heteroatoms. The molecule has 0 aromatic heterocycles. The van der Waals surface area contributed by atoms with Crippen molar-refractivity contribution in [3.63, 3.8) is 0 Å². The van der Waals surface area contributed by atoms with E-state index in [2.05, 4.69) is 5.32 Å². The number of nitriles is 1. The molecule has 0 atom stereocenters. The van der Waals surface area contributed by atoms with Crippen molar-refractivity contribution < 1.29 is 4.79 Å². The maximum atomic E-state index is 10.4. The van der Waals surface area contributed by atoms with Gasteiger partial charge in [0.05, 0.1) is 10.7 Å². The van der Waals surface area contributed by atoms with E-state index in [1.54, 1.807) is 0 Å². The van der Waals surface area contributed by atoms with Crippen LogP contribution in [0.15, 0.2) is 52.7 Å². The van der Waals surface area contributed by atoms with Crippen molar-refractivity contribution in [2.24, 2.45) is 5.73 Å². The highest BCUT2D eigenvalue weighted by atomic mass is 32.2. The zero-order chi connectivity index (χ0) is 13.4. The second-order valence-corrected chi connectivity index (χ2v) is 4.09. The summed E-state index contributed by atoms with van der Waals surface area (Å²) in [5, 5.41) is 12.8. The first-order chi connectivity index (χ1) is 8.72. The molecule has 0 radical (unpaired) electrons. The first-order valence-electron chi connectivity index (χ1n) is 5.14. The molecule has 1 aromatic carbocycles. The second kappa shape index (κ2) is 7.20. The van der Waals surface area contributed by atoms with Gasteiger partial charge in [-0.05, 0) is 18.4 Å². The molecule has 0 fully saturated rings. The molecule has 92 valence electrons. The highest BCUT2D eigenvalue weighted by molar-refractivity contribution is 8.02. The van der Waals surface area contributed by atoms with Gasteiger partial charge in [-0.1, -0.05) is 18.2 Å². The summed E-state index contributed by atoms with van der Waals surface area (Å²) in [6.45, 7) is 0. The predicted molar refractivity (Wildman–Crippen MR) is 74.6 cm³/mol. The van der Waals surface area contributed by atoms with Crippen molar-refractivity contribution in [1.29, 1.82) is 5.26 Å². The molecule has 1 rings (SSSR count). The Labute approximate surface area is 110 Å². The molecule has 18 heavy (non-hydrogen) atoms. The van der Waals surface area contributed by atoms with Crippen molar-refractivity contribution in [3.05, 3.63) is 52.7 Å². The summed E-state index contributed by atoms with van der Waals surface area (Å²) in [6, 6.07) is 11.4. The number of para-hydroxylation sites is 1. The number of allylic oxidation sites excluding steroid dienone is 2. The Morgan fingerprint density at radius 2 is 2.11 bits per heavy atom. The first kappa shape index (κ1) is 13.9. The topological polar surface area (TPSA) is 78.9 Å². The van der Waals surface area contributed by atoms with Crippen molar-refractivity contribution in [3.8, 4) is 6.07 Å². The Kier molecular flexibility index (Phi) is 5.55. The minimum atomic E-state index is 0.153. The molecule has 0 aliphatic rings. The van der Waals surface area contributed by atoms with Crippen LogP contribution < -0.4 is 11.1 Å². The second-order valence-electron chi connectivity index (χ2n) is 3.27. The molecule has 0 bridgehead atoms. The largest absolute Gasteiger partial charge is 0.397 e. The Morgan fingerprint density at radius 3 is 2.61 bits per heavy atom. The Hall–Kier alpha value is -2.19. The number of carbonyl (C=O) groups is 1. The third-order valence-corrected chi connectivity index (χ3v) is 2.83. The fourth-order valence-corrected chi connectivity index (χ4v) is 1.86. The maximum absolute atomic E-state index is 10.4. The van der Waals surface area contributed by atoms with Crippen LogP contribution in [0.3, 0.4) is 0 Å². The van der Waals surface area contributed by atoms with Gasteiger partial charge in [0, 0.05) is 11.8 Å². The number of nitrogens with two attached hydrogens (primary N) is 1. The fourth-order valence-electron chi connectivity index (χ4n) is 1.27. The molecule has 0 aliphatic carbocycles. The van der Waals surface area contributed by atoms with E-state index >= 15 is 0 Å². The van der Waals surface area contributed by atoms with Crippen LogP contribution in [0, 0.1) is 11.3 Å². The van der Waals surface area contributed by atoms with Gasteiger partial charge < -0.3 is 11.1 Å². The summed E-state index contributed by atoms with van der Waals surface area (Å²) < 4.78 is 0. The maximum Gasteiger partial charge on any atom is 0.144 e. The smallest absolute Gasteiger partial charge is 0.144 e. The summed E-state index contributed by atoms with van der Waals surface area (Å²) in [5.74, 6) is 0. The van der Waals surface area contributed by atoms with E-state index in [1.165, 1.54) is 17.8 Å². The third kappa shape index (κ3) is 3.68. The summed E-state index contributed by atoms with van der Waals surface area (Å²) in [4.78, 5) is 10.4. The van der Waals surface area contributed by atoms with Gasteiger partial charge in [-0.2, -0.15) is 5.26 Å². The number of anilines is 1. The standard InChI is InChI=1S/C13H13N3OS/c1-18-13(11(9-14)12(15)7-8-17)16-10-5-3-2-4-6-10/h2-8,16H,15H2,1H3/b12-7-,13-11-. The zero-order valence-corrected chi connectivity index (χ0v) is 10.7. The molecule has 0 spiro atoms. The summed E-state index contributed by atoms with van der Waals surface area (Å²) >= 11 is 1.36. The van der Waals surface area contributed by atoms with Crippen molar-refractivity contribution in [1.82, 2.24) is 0 Å². The van der Waals surface area contributed by atoms with Crippen molar-refractivity contribution >= 4 is 23.7 Å². The van der Waals surface area contributed by atoms with E-state index in [0.717, 1.165) is 5.69 Å². The molecule has 0 amide bonds. The average molecular weight is 259 g/mol. The minimum Gasteiger partial charge on any atom is -0.397 e. The molecular weight excluding hydrogens is 246 g/mol. The van der Waals surface area contributed by atoms with E-state index in [1.807, 2.05) is 42.7 Å². The number of rotatable bonds is 5. The molecule has 0 aliphatic heterocycles. The van der Waals surface area contributed by atoms with Gasteiger partial charge in [0.1, 0.15) is 17.9 Å². The fraction of sp³-hybridized carbons (Fsp3) is 0.0769. The lowest BCUT2D eigenvalue weighted by molar-refractivity contribution is -0.104.